The van der Waals surface area contributed by atoms with Crippen molar-refractivity contribution in [2.24, 2.45) is 5.10 Å². The van der Waals surface area contributed by atoms with E-state index in [1.807, 2.05) is 6.07 Å². The number of carbonyl (C=O) groups is 1. The first-order chi connectivity index (χ1) is 11.0. The maximum absolute atomic E-state index is 12.1. The van der Waals surface area contributed by atoms with Gasteiger partial charge in [-0.2, -0.15) is 5.10 Å². The minimum absolute atomic E-state index is 0.0820. The van der Waals surface area contributed by atoms with Gasteiger partial charge in [-0.15, -0.1) is 0 Å². The summed E-state index contributed by atoms with van der Waals surface area (Å²) in [4.78, 5) is 12.1. The number of carbonyl (C=O) groups excluding carboxylic acids is 1. The van der Waals surface area contributed by atoms with Crippen molar-refractivity contribution >= 4 is 59.9 Å². The predicted molar refractivity (Wildman–Crippen MR) is 99.3 cm³/mol. The first kappa shape index (κ1) is 18.0. The minimum atomic E-state index is -0.369. The van der Waals surface area contributed by atoms with Gasteiger partial charge in [-0.3, -0.25) is 4.79 Å². The maximum atomic E-state index is 12.1. The summed E-state index contributed by atoms with van der Waals surface area (Å²) < 4.78 is 7.02. The van der Waals surface area contributed by atoms with Crippen LogP contribution in [0.5, 0.6) is 11.5 Å². The van der Waals surface area contributed by atoms with Crippen LogP contribution in [0.2, 0.25) is 0 Å². The molecule has 120 valence electrons. The Balaban J connectivity index is 2.23. The number of methoxy groups -OCH3 is 1. The van der Waals surface area contributed by atoms with Crippen molar-refractivity contribution in [1.82, 2.24) is 5.43 Å². The van der Waals surface area contributed by atoms with E-state index in [9.17, 15) is 9.90 Å². The molecule has 0 atom stereocenters. The number of nitrogens with zero attached hydrogens (tertiary/aromatic N) is 1. The summed E-state index contributed by atoms with van der Waals surface area (Å²) in [5.74, 6) is -0.161. The molecule has 2 rings (SSSR count). The topological polar surface area (TPSA) is 70.9 Å². The van der Waals surface area contributed by atoms with E-state index in [1.54, 1.807) is 24.3 Å². The second-order valence-electron chi connectivity index (χ2n) is 4.32. The van der Waals surface area contributed by atoms with Crippen LogP contribution in [-0.2, 0) is 0 Å². The van der Waals surface area contributed by atoms with E-state index in [-0.39, 0.29) is 11.7 Å². The van der Waals surface area contributed by atoms with Crippen LogP contribution in [0.15, 0.2) is 48.9 Å². The first-order valence-corrected chi connectivity index (χ1v) is 8.66. The Morgan fingerprint density at radius 1 is 1.26 bits per heavy atom. The van der Waals surface area contributed by atoms with Gasteiger partial charge in [0.25, 0.3) is 5.91 Å². The number of ether oxygens (including phenoxy) is 1. The molecule has 0 saturated carbocycles. The van der Waals surface area contributed by atoms with Crippen LogP contribution < -0.4 is 10.2 Å². The van der Waals surface area contributed by atoms with E-state index in [0.29, 0.717) is 30.3 Å². The van der Waals surface area contributed by atoms with Crippen molar-refractivity contribution in [3.8, 4) is 11.5 Å². The van der Waals surface area contributed by atoms with Crippen molar-refractivity contribution < 1.29 is 14.6 Å². The summed E-state index contributed by atoms with van der Waals surface area (Å²) >= 11 is 9.99. The van der Waals surface area contributed by atoms with Gasteiger partial charge < -0.3 is 9.84 Å². The number of phenolic OH excluding ortho intramolecular Hbond substituents is 1. The molecule has 0 bridgehead atoms. The molecule has 0 unspecified atom stereocenters. The normalized spacial score (nSPS) is 10.8. The highest BCUT2D eigenvalue weighted by atomic mass is 79.9. The van der Waals surface area contributed by atoms with Gasteiger partial charge in [0.1, 0.15) is 0 Å². The molecule has 0 radical (unpaired) electrons. The fraction of sp³-hybridized carbons (Fsp3) is 0.0667. The molecule has 1 amide bonds. The third kappa shape index (κ3) is 4.13. The van der Waals surface area contributed by atoms with E-state index in [2.05, 4.69) is 58.3 Å². The minimum Gasteiger partial charge on any atom is -0.504 e. The van der Waals surface area contributed by atoms with Crippen molar-refractivity contribution in [2.75, 3.05) is 7.11 Å². The highest BCUT2D eigenvalue weighted by molar-refractivity contribution is 9.13. The standard InChI is InChI=1S/C15H11Br3N2O3/c1-23-12-6-11(17)13(18)9(14(12)21)7-19-20-15(22)8-4-2-3-5-10(8)16/h2-7,21H,1H3,(H,20,22)/b19-7-. The van der Waals surface area contributed by atoms with Crippen LogP contribution in [0.1, 0.15) is 15.9 Å². The summed E-state index contributed by atoms with van der Waals surface area (Å²) in [6.45, 7) is 0. The van der Waals surface area contributed by atoms with Gasteiger partial charge >= 0.3 is 0 Å². The van der Waals surface area contributed by atoms with Gasteiger partial charge in [-0.05, 0) is 66.0 Å². The lowest BCUT2D eigenvalue weighted by atomic mass is 10.2. The number of nitrogens with one attached hydrogen (secondary N) is 1. The Morgan fingerprint density at radius 3 is 2.61 bits per heavy atom. The number of hydrogen-bond donors (Lipinski definition) is 2. The molecule has 2 aromatic carbocycles. The zero-order valence-electron chi connectivity index (χ0n) is 11.8. The Labute approximate surface area is 158 Å². The average molecular weight is 507 g/mol. The summed E-state index contributed by atoms with van der Waals surface area (Å²) in [5, 5.41) is 14.0. The second-order valence-corrected chi connectivity index (χ2v) is 6.82. The van der Waals surface area contributed by atoms with E-state index < -0.39 is 0 Å². The summed E-state index contributed by atoms with van der Waals surface area (Å²) in [5.41, 5.74) is 3.25. The zero-order chi connectivity index (χ0) is 17.0. The van der Waals surface area contributed by atoms with Crippen molar-refractivity contribution in [2.45, 2.75) is 0 Å². The smallest absolute Gasteiger partial charge is 0.272 e. The van der Waals surface area contributed by atoms with Crippen LogP contribution in [0.4, 0.5) is 0 Å². The quantitative estimate of drug-likeness (QED) is 0.475. The number of hydrogen-bond acceptors (Lipinski definition) is 4. The number of aromatic hydroxyl groups is 1. The van der Waals surface area contributed by atoms with Crippen LogP contribution in [-0.4, -0.2) is 24.3 Å². The highest BCUT2D eigenvalue weighted by Gasteiger charge is 2.14. The van der Waals surface area contributed by atoms with Gasteiger partial charge in [0.05, 0.1) is 24.5 Å². The Hall–Kier alpha value is -1.38. The zero-order valence-corrected chi connectivity index (χ0v) is 16.6. The van der Waals surface area contributed by atoms with Crippen LogP contribution in [0, 0.1) is 0 Å². The van der Waals surface area contributed by atoms with E-state index in [4.69, 9.17) is 4.74 Å². The van der Waals surface area contributed by atoms with Gasteiger partial charge in [-0.25, -0.2) is 5.43 Å². The van der Waals surface area contributed by atoms with Gasteiger partial charge in [0.2, 0.25) is 0 Å². The number of halogens is 3. The van der Waals surface area contributed by atoms with Crippen molar-refractivity contribution in [3.63, 3.8) is 0 Å². The lowest BCUT2D eigenvalue weighted by Crippen LogP contribution is -2.18. The van der Waals surface area contributed by atoms with Crippen molar-refractivity contribution in [1.29, 1.82) is 0 Å². The molecule has 8 heteroatoms. The van der Waals surface area contributed by atoms with Gasteiger partial charge in [-0.1, -0.05) is 12.1 Å². The van der Waals surface area contributed by atoms with Crippen LogP contribution in [0.25, 0.3) is 0 Å². The molecule has 0 saturated heterocycles. The number of phenols is 1. The third-order valence-corrected chi connectivity index (χ3v) is 5.59. The lowest BCUT2D eigenvalue weighted by Gasteiger charge is -2.09. The number of hydrazone groups is 1. The molecule has 0 spiro atoms. The monoisotopic (exact) mass is 504 g/mol. The second kappa shape index (κ2) is 7.94. The summed E-state index contributed by atoms with van der Waals surface area (Å²) in [6, 6.07) is 8.62. The molecule has 23 heavy (non-hydrogen) atoms. The molecule has 2 N–H and O–H groups in total. The molecule has 0 aliphatic rings. The fourth-order valence-corrected chi connectivity index (χ4v) is 3.04. The predicted octanol–water partition coefficient (Wildman–Crippen LogP) is 4.45. The highest BCUT2D eigenvalue weighted by Crippen LogP contribution is 2.39. The number of benzene rings is 2. The summed E-state index contributed by atoms with van der Waals surface area (Å²) in [7, 11) is 1.45. The first-order valence-electron chi connectivity index (χ1n) is 6.28. The molecule has 0 heterocycles. The van der Waals surface area contributed by atoms with Gasteiger partial charge in [0.15, 0.2) is 11.5 Å². The molecular formula is C15H11Br3N2O3. The van der Waals surface area contributed by atoms with E-state index >= 15 is 0 Å². The van der Waals surface area contributed by atoms with E-state index in [0.717, 1.165) is 0 Å². The SMILES string of the molecule is COc1cc(Br)c(Br)c(/C=N\NC(=O)c2ccccc2Br)c1O. The third-order valence-electron chi connectivity index (χ3n) is 2.89. The largest absolute Gasteiger partial charge is 0.504 e. The Bertz CT molecular complexity index is 779. The Morgan fingerprint density at radius 2 is 1.96 bits per heavy atom. The van der Waals surface area contributed by atoms with Crippen LogP contribution in [0.3, 0.4) is 0 Å². The molecule has 5 nitrogen and oxygen atoms in total. The average Bonchev–Trinajstić information content (AvgIpc) is 2.54. The number of rotatable bonds is 4. The molecule has 0 aliphatic heterocycles. The van der Waals surface area contributed by atoms with Crippen LogP contribution >= 0.6 is 47.8 Å². The molecule has 2 aromatic rings. The maximum Gasteiger partial charge on any atom is 0.272 e. The lowest BCUT2D eigenvalue weighted by molar-refractivity contribution is 0.0954. The molecule has 0 fully saturated rings. The van der Waals surface area contributed by atoms with E-state index in [1.165, 1.54) is 13.3 Å². The molecule has 0 aromatic heterocycles. The molecule has 0 aliphatic carbocycles. The Kier molecular flexibility index (Phi) is 6.20. The number of amides is 1. The summed E-state index contributed by atoms with van der Waals surface area (Å²) in [6.07, 6.45) is 1.33. The fourth-order valence-electron chi connectivity index (χ4n) is 1.75. The van der Waals surface area contributed by atoms with Gasteiger partial charge in [0, 0.05) is 13.4 Å². The molecular weight excluding hydrogens is 496 g/mol. The van der Waals surface area contributed by atoms with Crippen molar-refractivity contribution in [3.05, 3.63) is 54.9 Å².